The molecule has 2 aromatic heterocycles. The molecule has 0 atom stereocenters. The third-order valence-corrected chi connectivity index (χ3v) is 2.08. The standard InChI is InChI=1S/C7H6N3S/c1-8-6-3-2-5-7(10-6)11-4-9-5/h2-3H,1H3,(H,8,10). The Morgan fingerprint density at radius 2 is 2.45 bits per heavy atom. The van der Waals surface area contributed by atoms with Crippen molar-refractivity contribution in [3.05, 3.63) is 17.6 Å². The van der Waals surface area contributed by atoms with E-state index in [0.717, 1.165) is 16.2 Å². The SMILES string of the molecule is CNc1ccc2n[c]sc2n1. The summed E-state index contributed by atoms with van der Waals surface area (Å²) in [5.41, 5.74) is 3.70. The first kappa shape index (κ1) is 6.54. The Balaban J connectivity index is 2.67. The summed E-state index contributed by atoms with van der Waals surface area (Å²) in [4.78, 5) is 9.19. The number of hydrogen-bond donors (Lipinski definition) is 1. The van der Waals surface area contributed by atoms with Crippen LogP contribution in [-0.2, 0) is 0 Å². The number of hydrogen-bond acceptors (Lipinski definition) is 4. The van der Waals surface area contributed by atoms with E-state index in [1.54, 1.807) is 0 Å². The van der Waals surface area contributed by atoms with Crippen LogP contribution in [-0.4, -0.2) is 17.0 Å². The van der Waals surface area contributed by atoms with Crippen LogP contribution in [0.3, 0.4) is 0 Å². The summed E-state index contributed by atoms with van der Waals surface area (Å²) in [7, 11) is 1.85. The number of pyridine rings is 1. The third kappa shape index (κ3) is 1.05. The molecule has 0 bridgehead atoms. The lowest BCUT2D eigenvalue weighted by atomic mass is 10.4. The maximum atomic E-state index is 4.27. The van der Waals surface area contributed by atoms with Gasteiger partial charge in [-0.2, -0.15) is 0 Å². The smallest absolute Gasteiger partial charge is 0.155 e. The molecule has 0 amide bonds. The van der Waals surface area contributed by atoms with E-state index < -0.39 is 0 Å². The molecule has 0 fully saturated rings. The number of nitrogens with zero attached hydrogens (tertiary/aromatic N) is 2. The lowest BCUT2D eigenvalue weighted by molar-refractivity contribution is 1.35. The second-order valence-electron chi connectivity index (χ2n) is 2.08. The largest absolute Gasteiger partial charge is 0.373 e. The summed E-state index contributed by atoms with van der Waals surface area (Å²) in [6.45, 7) is 0. The maximum Gasteiger partial charge on any atom is 0.155 e. The Hall–Kier alpha value is -1.16. The number of nitrogens with one attached hydrogen (secondary N) is 1. The van der Waals surface area contributed by atoms with Crippen molar-refractivity contribution in [2.45, 2.75) is 0 Å². The lowest BCUT2D eigenvalue weighted by Gasteiger charge is -1.95. The van der Waals surface area contributed by atoms with Gasteiger partial charge in [0, 0.05) is 7.05 Å². The quantitative estimate of drug-likeness (QED) is 0.694. The molecule has 3 nitrogen and oxygen atoms in total. The average molecular weight is 164 g/mol. The highest BCUT2D eigenvalue weighted by molar-refractivity contribution is 7.15. The molecule has 1 N–H and O–H groups in total. The van der Waals surface area contributed by atoms with Gasteiger partial charge < -0.3 is 5.32 Å². The normalized spacial score (nSPS) is 10.3. The maximum absolute atomic E-state index is 4.27. The van der Waals surface area contributed by atoms with Gasteiger partial charge in [-0.1, -0.05) is 11.3 Å². The van der Waals surface area contributed by atoms with E-state index in [4.69, 9.17) is 0 Å². The fraction of sp³-hybridized carbons (Fsp3) is 0.143. The Labute approximate surface area is 68.1 Å². The minimum atomic E-state index is 0.871. The second-order valence-corrected chi connectivity index (χ2v) is 2.85. The van der Waals surface area contributed by atoms with Crippen LogP contribution < -0.4 is 5.32 Å². The van der Waals surface area contributed by atoms with Gasteiger partial charge >= 0.3 is 0 Å². The lowest BCUT2D eigenvalue weighted by Crippen LogP contribution is -1.90. The molecule has 2 aromatic rings. The molecule has 4 heteroatoms. The molecule has 1 radical (unpaired) electrons. The molecule has 0 spiro atoms. The Bertz CT molecular complexity index is 368. The van der Waals surface area contributed by atoms with Gasteiger partial charge in [0.05, 0.1) is 0 Å². The fourth-order valence-electron chi connectivity index (χ4n) is 0.848. The summed E-state index contributed by atoms with van der Waals surface area (Å²) in [6.07, 6.45) is 0. The Kier molecular flexibility index (Phi) is 1.47. The van der Waals surface area contributed by atoms with Crippen molar-refractivity contribution in [3.63, 3.8) is 0 Å². The fourth-order valence-corrected chi connectivity index (χ4v) is 1.44. The molecule has 0 saturated heterocycles. The van der Waals surface area contributed by atoms with Gasteiger partial charge in [-0.25, -0.2) is 9.97 Å². The van der Waals surface area contributed by atoms with Crippen LogP contribution in [0.2, 0.25) is 0 Å². The van der Waals surface area contributed by atoms with Crippen LogP contribution in [0.1, 0.15) is 0 Å². The molecule has 2 rings (SSSR count). The van der Waals surface area contributed by atoms with Crippen LogP contribution in [0.4, 0.5) is 5.82 Å². The minimum absolute atomic E-state index is 0.871. The van der Waals surface area contributed by atoms with Crippen molar-refractivity contribution < 1.29 is 0 Å². The van der Waals surface area contributed by atoms with Gasteiger partial charge in [0.1, 0.15) is 16.2 Å². The van der Waals surface area contributed by atoms with Crippen LogP contribution in [0.5, 0.6) is 0 Å². The summed E-state index contributed by atoms with van der Waals surface area (Å²) in [6, 6.07) is 3.83. The number of fused-ring (bicyclic) bond motifs is 1. The van der Waals surface area contributed by atoms with E-state index in [1.807, 2.05) is 19.2 Å². The highest BCUT2D eigenvalue weighted by atomic mass is 32.1. The average Bonchev–Trinajstić information content (AvgIpc) is 2.50. The van der Waals surface area contributed by atoms with Crippen molar-refractivity contribution in [3.8, 4) is 0 Å². The number of thiazole rings is 1. The van der Waals surface area contributed by atoms with Crippen LogP contribution in [0.15, 0.2) is 12.1 Å². The van der Waals surface area contributed by atoms with Crippen molar-refractivity contribution in [2.75, 3.05) is 12.4 Å². The van der Waals surface area contributed by atoms with E-state index in [1.165, 1.54) is 11.3 Å². The zero-order valence-electron chi connectivity index (χ0n) is 5.96. The van der Waals surface area contributed by atoms with Gasteiger partial charge in [0.25, 0.3) is 0 Å². The molecule has 0 saturated carbocycles. The molecule has 2 heterocycles. The van der Waals surface area contributed by atoms with E-state index in [9.17, 15) is 0 Å². The first-order valence-corrected chi connectivity index (χ1v) is 4.03. The second kappa shape index (κ2) is 2.47. The van der Waals surface area contributed by atoms with Crippen molar-refractivity contribution in [2.24, 2.45) is 0 Å². The van der Waals surface area contributed by atoms with Gasteiger partial charge in [0.2, 0.25) is 0 Å². The predicted octanol–water partition coefficient (Wildman–Crippen LogP) is 1.53. The molecule has 0 aromatic carbocycles. The molecule has 0 aliphatic heterocycles. The van der Waals surface area contributed by atoms with Gasteiger partial charge in [-0.15, -0.1) is 0 Å². The topological polar surface area (TPSA) is 37.8 Å². The molecule has 55 valence electrons. The van der Waals surface area contributed by atoms with Crippen LogP contribution in [0.25, 0.3) is 10.3 Å². The summed E-state index contributed by atoms with van der Waals surface area (Å²) < 4.78 is 0. The minimum Gasteiger partial charge on any atom is -0.373 e. The van der Waals surface area contributed by atoms with Gasteiger partial charge in [-0.05, 0) is 12.1 Å². The highest BCUT2D eigenvalue weighted by Crippen LogP contribution is 2.16. The zero-order chi connectivity index (χ0) is 7.68. The molecule has 0 aliphatic rings. The summed E-state index contributed by atoms with van der Waals surface area (Å²) in [5, 5.41) is 2.96. The van der Waals surface area contributed by atoms with E-state index in [0.29, 0.717) is 0 Å². The molecule has 0 aliphatic carbocycles. The van der Waals surface area contributed by atoms with Gasteiger partial charge in [0.15, 0.2) is 5.51 Å². The van der Waals surface area contributed by atoms with E-state index in [-0.39, 0.29) is 0 Å². The monoisotopic (exact) mass is 164 g/mol. The van der Waals surface area contributed by atoms with Crippen molar-refractivity contribution >= 4 is 27.5 Å². The summed E-state index contributed by atoms with van der Waals surface area (Å²) >= 11 is 1.43. The number of rotatable bonds is 1. The number of aromatic nitrogens is 2. The zero-order valence-corrected chi connectivity index (χ0v) is 6.77. The molecular formula is C7H6N3S. The number of anilines is 1. The van der Waals surface area contributed by atoms with Crippen molar-refractivity contribution in [1.82, 2.24) is 9.97 Å². The first-order chi connectivity index (χ1) is 5.40. The van der Waals surface area contributed by atoms with Crippen LogP contribution >= 0.6 is 11.3 Å². The first-order valence-electron chi connectivity index (χ1n) is 3.21. The Morgan fingerprint density at radius 3 is 3.27 bits per heavy atom. The Morgan fingerprint density at radius 1 is 1.55 bits per heavy atom. The van der Waals surface area contributed by atoms with E-state index >= 15 is 0 Å². The summed E-state index contributed by atoms with van der Waals surface area (Å²) in [5.74, 6) is 0.871. The molecule has 11 heavy (non-hydrogen) atoms. The molecular weight excluding hydrogens is 158 g/mol. The third-order valence-electron chi connectivity index (χ3n) is 1.40. The molecule has 0 unspecified atom stereocenters. The van der Waals surface area contributed by atoms with Crippen LogP contribution in [0, 0.1) is 5.51 Å². The van der Waals surface area contributed by atoms with Gasteiger partial charge in [-0.3, -0.25) is 0 Å². The predicted molar refractivity (Wildman–Crippen MR) is 45.8 cm³/mol. The van der Waals surface area contributed by atoms with Crippen molar-refractivity contribution in [1.29, 1.82) is 0 Å². The van der Waals surface area contributed by atoms with E-state index in [2.05, 4.69) is 20.8 Å². The highest BCUT2D eigenvalue weighted by Gasteiger charge is 1.97.